The molecule has 0 aromatic heterocycles. The lowest BCUT2D eigenvalue weighted by atomic mass is 10.0. The van der Waals surface area contributed by atoms with Crippen LogP contribution in [0.3, 0.4) is 0 Å². The highest BCUT2D eigenvalue weighted by atomic mass is 32.2. The van der Waals surface area contributed by atoms with Crippen molar-refractivity contribution in [1.29, 1.82) is 0 Å². The van der Waals surface area contributed by atoms with E-state index in [-0.39, 0.29) is 12.3 Å². The Bertz CT molecular complexity index is 517. The fourth-order valence-corrected chi connectivity index (χ4v) is 2.59. The van der Waals surface area contributed by atoms with E-state index in [1.54, 1.807) is 0 Å². The number of aliphatic hydroxyl groups is 1. The summed E-state index contributed by atoms with van der Waals surface area (Å²) in [4.78, 5) is 46.9. The Morgan fingerprint density at radius 3 is 2.19 bits per heavy atom. The molecule has 0 aliphatic carbocycles. The van der Waals surface area contributed by atoms with E-state index in [9.17, 15) is 24.3 Å². The number of amides is 3. The number of carboxylic acids is 1. The van der Waals surface area contributed by atoms with Gasteiger partial charge in [-0.25, -0.2) is 4.79 Å². The molecular weight excluding hydrogens is 376 g/mol. The number of aliphatic hydroxyl groups excluding tert-OH is 1. The predicted molar refractivity (Wildman–Crippen MR) is 102 cm³/mol. The first-order valence-corrected chi connectivity index (χ1v) is 9.97. The maximum atomic E-state index is 12.0. The van der Waals surface area contributed by atoms with Crippen LogP contribution in [0, 0.1) is 5.92 Å². The molecular formula is C16H30N4O6S. The lowest BCUT2D eigenvalue weighted by Gasteiger charge is -2.20. The van der Waals surface area contributed by atoms with Gasteiger partial charge in [-0.3, -0.25) is 14.4 Å². The molecule has 0 aliphatic rings. The van der Waals surface area contributed by atoms with Crippen molar-refractivity contribution < 1.29 is 29.4 Å². The maximum Gasteiger partial charge on any atom is 0.326 e. The minimum atomic E-state index is -1.25. The Labute approximate surface area is 163 Å². The number of carboxylic acid groups (broad SMARTS) is 1. The van der Waals surface area contributed by atoms with Crippen molar-refractivity contribution in [2.75, 3.05) is 25.2 Å². The summed E-state index contributed by atoms with van der Waals surface area (Å²) in [5.41, 5.74) is 5.72. The second-order valence-corrected chi connectivity index (χ2v) is 7.42. The number of carbonyl (C=O) groups is 4. The van der Waals surface area contributed by atoms with Crippen LogP contribution in [0.2, 0.25) is 0 Å². The molecule has 3 amide bonds. The zero-order valence-corrected chi connectivity index (χ0v) is 16.7. The fraction of sp³-hybridized carbons (Fsp3) is 0.750. The summed E-state index contributed by atoms with van der Waals surface area (Å²) in [6, 6.07) is -3.12. The molecule has 0 radical (unpaired) electrons. The van der Waals surface area contributed by atoms with Crippen LogP contribution in [0.4, 0.5) is 0 Å². The first-order chi connectivity index (χ1) is 12.6. The van der Waals surface area contributed by atoms with Gasteiger partial charge in [-0.15, -0.1) is 0 Å². The van der Waals surface area contributed by atoms with Crippen molar-refractivity contribution in [3.05, 3.63) is 0 Å². The maximum absolute atomic E-state index is 12.0. The van der Waals surface area contributed by atoms with E-state index < -0.39 is 55.0 Å². The van der Waals surface area contributed by atoms with Crippen molar-refractivity contribution in [1.82, 2.24) is 16.0 Å². The van der Waals surface area contributed by atoms with Crippen LogP contribution in [-0.2, 0) is 19.2 Å². The summed E-state index contributed by atoms with van der Waals surface area (Å²) < 4.78 is 0. The number of nitrogens with two attached hydrogens (primary N) is 1. The molecule has 0 aromatic rings. The van der Waals surface area contributed by atoms with Crippen LogP contribution < -0.4 is 21.7 Å². The molecule has 0 saturated heterocycles. The summed E-state index contributed by atoms with van der Waals surface area (Å²) >= 11 is 1.45. The summed E-state index contributed by atoms with van der Waals surface area (Å²) in [6.07, 6.45) is 2.48. The van der Waals surface area contributed by atoms with Gasteiger partial charge in [0.2, 0.25) is 17.7 Å². The minimum absolute atomic E-state index is 0.184. The van der Waals surface area contributed by atoms with E-state index >= 15 is 0 Å². The smallest absolute Gasteiger partial charge is 0.326 e. The Morgan fingerprint density at radius 2 is 1.70 bits per heavy atom. The third kappa shape index (κ3) is 10.8. The Morgan fingerprint density at radius 1 is 1.07 bits per heavy atom. The van der Waals surface area contributed by atoms with Crippen molar-refractivity contribution in [2.24, 2.45) is 11.7 Å². The normalized spacial score (nSPS) is 14.1. The second-order valence-electron chi connectivity index (χ2n) is 6.44. The molecule has 0 rings (SSSR count). The van der Waals surface area contributed by atoms with Crippen LogP contribution in [-0.4, -0.2) is 77.2 Å². The molecule has 3 unspecified atom stereocenters. The molecule has 10 nitrogen and oxygen atoms in total. The standard InChI is InChI=1S/C16H30N4O6S/c1-9(2)6-10(17)14(23)20-12(8-21)15(24)18-7-13(22)19-11(16(25)26)4-5-27-3/h9-12,21H,4-8,17H2,1-3H3,(H,18,24)(H,19,22)(H,20,23)(H,25,26). The van der Waals surface area contributed by atoms with E-state index in [2.05, 4.69) is 16.0 Å². The van der Waals surface area contributed by atoms with Gasteiger partial charge in [-0.2, -0.15) is 11.8 Å². The Hall–Kier alpha value is -1.85. The molecule has 7 N–H and O–H groups in total. The van der Waals surface area contributed by atoms with Gasteiger partial charge in [0.25, 0.3) is 0 Å². The van der Waals surface area contributed by atoms with E-state index in [0.29, 0.717) is 12.2 Å². The highest BCUT2D eigenvalue weighted by Crippen LogP contribution is 2.03. The second kappa shape index (κ2) is 13.3. The average molecular weight is 407 g/mol. The quantitative estimate of drug-likeness (QED) is 0.210. The predicted octanol–water partition coefficient (Wildman–Crippen LogP) is -1.72. The third-order valence-corrected chi connectivity index (χ3v) is 4.19. The lowest BCUT2D eigenvalue weighted by molar-refractivity contribution is -0.141. The van der Waals surface area contributed by atoms with Crippen molar-refractivity contribution in [3.63, 3.8) is 0 Å². The van der Waals surface area contributed by atoms with Gasteiger partial charge in [-0.1, -0.05) is 13.8 Å². The van der Waals surface area contributed by atoms with Gasteiger partial charge in [0.15, 0.2) is 0 Å². The summed E-state index contributed by atoms with van der Waals surface area (Å²) in [7, 11) is 0. The zero-order valence-electron chi connectivity index (χ0n) is 15.9. The van der Waals surface area contributed by atoms with Crippen LogP contribution in [0.15, 0.2) is 0 Å². The minimum Gasteiger partial charge on any atom is -0.480 e. The molecule has 0 heterocycles. The monoisotopic (exact) mass is 406 g/mol. The number of nitrogens with one attached hydrogen (secondary N) is 3. The molecule has 3 atom stereocenters. The molecule has 0 aliphatic heterocycles. The van der Waals surface area contributed by atoms with E-state index in [1.165, 1.54) is 11.8 Å². The van der Waals surface area contributed by atoms with Gasteiger partial charge in [0.1, 0.15) is 12.1 Å². The molecule has 11 heteroatoms. The number of hydrogen-bond acceptors (Lipinski definition) is 7. The average Bonchev–Trinajstić information content (AvgIpc) is 2.59. The van der Waals surface area contributed by atoms with Crippen molar-refractivity contribution >= 4 is 35.5 Å². The molecule has 0 saturated carbocycles. The molecule has 156 valence electrons. The molecule has 0 bridgehead atoms. The molecule has 0 spiro atoms. The van der Waals surface area contributed by atoms with E-state index in [4.69, 9.17) is 10.8 Å². The number of aliphatic carboxylic acids is 1. The van der Waals surface area contributed by atoms with Gasteiger partial charge < -0.3 is 31.9 Å². The molecule has 0 aromatic carbocycles. The van der Waals surface area contributed by atoms with Crippen LogP contribution in [0.5, 0.6) is 0 Å². The third-order valence-electron chi connectivity index (χ3n) is 3.54. The largest absolute Gasteiger partial charge is 0.480 e. The number of thioether (sulfide) groups is 1. The number of hydrogen-bond donors (Lipinski definition) is 6. The van der Waals surface area contributed by atoms with E-state index in [1.807, 2.05) is 20.1 Å². The van der Waals surface area contributed by atoms with Crippen LogP contribution >= 0.6 is 11.8 Å². The SMILES string of the molecule is CSCCC(NC(=O)CNC(=O)C(CO)NC(=O)C(N)CC(C)C)C(=O)O. The summed E-state index contributed by atoms with van der Waals surface area (Å²) in [5, 5.41) is 25.2. The van der Waals surface area contributed by atoms with E-state index in [0.717, 1.165) is 0 Å². The highest BCUT2D eigenvalue weighted by molar-refractivity contribution is 7.98. The zero-order chi connectivity index (χ0) is 21.0. The summed E-state index contributed by atoms with van der Waals surface area (Å²) in [6.45, 7) is 2.64. The van der Waals surface area contributed by atoms with Gasteiger partial charge >= 0.3 is 5.97 Å². The van der Waals surface area contributed by atoms with Gasteiger partial charge in [-0.05, 0) is 30.8 Å². The molecule has 0 fully saturated rings. The lowest BCUT2D eigenvalue weighted by Crippen LogP contribution is -2.55. The topological polar surface area (TPSA) is 171 Å². The van der Waals surface area contributed by atoms with Gasteiger partial charge in [0, 0.05) is 0 Å². The Balaban J connectivity index is 4.52. The van der Waals surface area contributed by atoms with Gasteiger partial charge in [0.05, 0.1) is 19.2 Å². The summed E-state index contributed by atoms with van der Waals surface area (Å²) in [5.74, 6) is -2.46. The van der Waals surface area contributed by atoms with Crippen LogP contribution in [0.1, 0.15) is 26.7 Å². The fourth-order valence-electron chi connectivity index (χ4n) is 2.12. The molecule has 27 heavy (non-hydrogen) atoms. The first kappa shape index (κ1) is 25.1. The van der Waals surface area contributed by atoms with Crippen LogP contribution in [0.25, 0.3) is 0 Å². The number of rotatable bonds is 13. The Kier molecular flexibility index (Phi) is 12.4. The van der Waals surface area contributed by atoms with Crippen molar-refractivity contribution in [3.8, 4) is 0 Å². The van der Waals surface area contributed by atoms with Crippen molar-refractivity contribution in [2.45, 2.75) is 44.8 Å². The number of carbonyl (C=O) groups excluding carboxylic acids is 3. The first-order valence-electron chi connectivity index (χ1n) is 8.57. The highest BCUT2D eigenvalue weighted by Gasteiger charge is 2.25.